The SMILES string of the molecule is Cc1ccc(-n2c(SCC(=O)Nc3cc(C)on3)nc3ccccc3c2=O)c(C)c1. The van der Waals surface area contributed by atoms with Crippen LogP contribution in [0.2, 0.25) is 0 Å². The Morgan fingerprint density at radius 2 is 1.93 bits per heavy atom. The number of aryl methyl sites for hydroxylation is 3. The molecule has 4 aromatic rings. The zero-order chi connectivity index (χ0) is 21.3. The van der Waals surface area contributed by atoms with Gasteiger partial charge in [0, 0.05) is 6.07 Å². The van der Waals surface area contributed by atoms with Crippen molar-refractivity contribution in [3.05, 3.63) is 75.8 Å². The van der Waals surface area contributed by atoms with E-state index in [1.807, 2.05) is 44.2 Å². The number of amides is 1. The van der Waals surface area contributed by atoms with Crippen LogP contribution in [0.1, 0.15) is 16.9 Å². The van der Waals surface area contributed by atoms with Gasteiger partial charge in [0.1, 0.15) is 5.76 Å². The molecule has 0 aliphatic heterocycles. The Labute approximate surface area is 177 Å². The average molecular weight is 420 g/mol. The van der Waals surface area contributed by atoms with Gasteiger partial charge in [-0.1, -0.05) is 46.7 Å². The van der Waals surface area contributed by atoms with E-state index in [4.69, 9.17) is 4.52 Å². The molecule has 0 saturated carbocycles. The molecule has 0 spiro atoms. The molecule has 0 aliphatic rings. The molecule has 0 aliphatic carbocycles. The Kier molecular flexibility index (Phi) is 5.41. The minimum Gasteiger partial charge on any atom is -0.360 e. The van der Waals surface area contributed by atoms with E-state index in [1.54, 1.807) is 29.7 Å². The highest BCUT2D eigenvalue weighted by molar-refractivity contribution is 7.99. The molecule has 2 aromatic carbocycles. The Balaban J connectivity index is 1.72. The molecule has 30 heavy (non-hydrogen) atoms. The zero-order valence-electron chi connectivity index (χ0n) is 16.8. The lowest BCUT2D eigenvalue weighted by atomic mass is 10.1. The van der Waals surface area contributed by atoms with Gasteiger partial charge in [0.25, 0.3) is 5.56 Å². The van der Waals surface area contributed by atoms with Crippen molar-refractivity contribution in [1.82, 2.24) is 14.7 Å². The van der Waals surface area contributed by atoms with E-state index in [1.165, 1.54) is 11.8 Å². The highest BCUT2D eigenvalue weighted by atomic mass is 32.2. The van der Waals surface area contributed by atoms with Crippen LogP contribution in [0.5, 0.6) is 0 Å². The first-order valence-electron chi connectivity index (χ1n) is 9.38. The van der Waals surface area contributed by atoms with Gasteiger partial charge < -0.3 is 9.84 Å². The first-order chi connectivity index (χ1) is 14.4. The first-order valence-corrected chi connectivity index (χ1v) is 10.4. The van der Waals surface area contributed by atoms with Crippen LogP contribution in [0, 0.1) is 20.8 Å². The highest BCUT2D eigenvalue weighted by Crippen LogP contribution is 2.24. The van der Waals surface area contributed by atoms with E-state index in [0.717, 1.165) is 16.8 Å². The summed E-state index contributed by atoms with van der Waals surface area (Å²) in [6.45, 7) is 5.71. The van der Waals surface area contributed by atoms with Crippen LogP contribution >= 0.6 is 11.8 Å². The molecule has 0 atom stereocenters. The maximum absolute atomic E-state index is 13.3. The second-order valence-electron chi connectivity index (χ2n) is 7.00. The molecular weight excluding hydrogens is 400 g/mol. The molecule has 0 radical (unpaired) electrons. The number of hydrogen-bond donors (Lipinski definition) is 1. The summed E-state index contributed by atoms with van der Waals surface area (Å²) >= 11 is 1.20. The second-order valence-corrected chi connectivity index (χ2v) is 7.94. The lowest BCUT2D eigenvalue weighted by Crippen LogP contribution is -2.23. The van der Waals surface area contributed by atoms with Crippen LogP contribution < -0.4 is 10.9 Å². The summed E-state index contributed by atoms with van der Waals surface area (Å²) in [7, 11) is 0. The standard InChI is InChI=1S/C22H20N4O3S/c1-13-8-9-18(14(2)10-13)26-21(28)16-6-4-5-7-17(16)23-22(26)30-12-20(27)24-19-11-15(3)29-25-19/h4-11H,12H2,1-3H3,(H,24,25,27). The fraction of sp³-hybridized carbons (Fsp3) is 0.182. The normalized spacial score (nSPS) is 11.0. The number of para-hydroxylation sites is 1. The summed E-state index contributed by atoms with van der Waals surface area (Å²) in [6, 6.07) is 14.7. The number of anilines is 1. The molecule has 0 bridgehead atoms. The maximum atomic E-state index is 13.3. The number of hydrogen-bond acceptors (Lipinski definition) is 6. The number of rotatable bonds is 5. The van der Waals surface area contributed by atoms with Crippen LogP contribution in [0.25, 0.3) is 16.6 Å². The molecule has 1 amide bonds. The fourth-order valence-corrected chi connectivity index (χ4v) is 4.02. The molecule has 2 aromatic heterocycles. The maximum Gasteiger partial charge on any atom is 0.266 e. The van der Waals surface area contributed by atoms with Gasteiger partial charge >= 0.3 is 0 Å². The van der Waals surface area contributed by atoms with Crippen LogP contribution in [-0.4, -0.2) is 26.4 Å². The number of nitrogens with one attached hydrogen (secondary N) is 1. The quantitative estimate of drug-likeness (QED) is 0.387. The smallest absolute Gasteiger partial charge is 0.266 e. The topological polar surface area (TPSA) is 90.0 Å². The Hall–Kier alpha value is -3.39. The first kappa shape index (κ1) is 19.9. The van der Waals surface area contributed by atoms with E-state index in [0.29, 0.717) is 27.6 Å². The van der Waals surface area contributed by atoms with Gasteiger partial charge in [0.15, 0.2) is 11.0 Å². The molecule has 0 fully saturated rings. The highest BCUT2D eigenvalue weighted by Gasteiger charge is 2.16. The summed E-state index contributed by atoms with van der Waals surface area (Å²) in [5.41, 5.74) is 3.24. The van der Waals surface area contributed by atoms with Gasteiger partial charge in [-0.15, -0.1) is 0 Å². The summed E-state index contributed by atoms with van der Waals surface area (Å²) < 4.78 is 6.54. The van der Waals surface area contributed by atoms with Crippen LogP contribution in [-0.2, 0) is 4.79 Å². The van der Waals surface area contributed by atoms with E-state index < -0.39 is 0 Å². The number of thioether (sulfide) groups is 1. The van der Waals surface area contributed by atoms with Crippen molar-refractivity contribution in [1.29, 1.82) is 0 Å². The zero-order valence-corrected chi connectivity index (χ0v) is 17.6. The lowest BCUT2D eigenvalue weighted by Gasteiger charge is -2.15. The van der Waals surface area contributed by atoms with Crippen molar-refractivity contribution in [3.8, 4) is 5.69 Å². The van der Waals surface area contributed by atoms with Crippen molar-refractivity contribution in [2.75, 3.05) is 11.1 Å². The monoisotopic (exact) mass is 420 g/mol. The van der Waals surface area contributed by atoms with Gasteiger partial charge in [0.05, 0.1) is 22.3 Å². The molecule has 152 valence electrons. The molecule has 0 unspecified atom stereocenters. The summed E-state index contributed by atoms with van der Waals surface area (Å²) in [6.07, 6.45) is 0. The number of nitrogens with zero attached hydrogens (tertiary/aromatic N) is 3. The van der Waals surface area contributed by atoms with Crippen molar-refractivity contribution in [2.45, 2.75) is 25.9 Å². The third-order valence-corrected chi connectivity index (χ3v) is 5.50. The Morgan fingerprint density at radius 1 is 1.13 bits per heavy atom. The van der Waals surface area contributed by atoms with Gasteiger partial charge in [0.2, 0.25) is 5.91 Å². The van der Waals surface area contributed by atoms with Crippen molar-refractivity contribution >= 4 is 34.4 Å². The lowest BCUT2D eigenvalue weighted by molar-refractivity contribution is -0.113. The Bertz CT molecular complexity index is 1310. The third-order valence-electron chi connectivity index (χ3n) is 4.57. The minimum absolute atomic E-state index is 0.0710. The molecular formula is C22H20N4O3S. The van der Waals surface area contributed by atoms with Gasteiger partial charge in [-0.2, -0.15) is 0 Å². The van der Waals surface area contributed by atoms with E-state index >= 15 is 0 Å². The molecule has 8 heteroatoms. The van der Waals surface area contributed by atoms with Crippen LogP contribution in [0.4, 0.5) is 5.82 Å². The van der Waals surface area contributed by atoms with E-state index in [9.17, 15) is 9.59 Å². The van der Waals surface area contributed by atoms with Crippen molar-refractivity contribution in [3.63, 3.8) is 0 Å². The number of aromatic nitrogens is 3. The van der Waals surface area contributed by atoms with Crippen LogP contribution in [0.3, 0.4) is 0 Å². The number of carbonyl (C=O) groups is 1. The molecule has 4 rings (SSSR count). The largest absolute Gasteiger partial charge is 0.360 e. The van der Waals surface area contributed by atoms with Crippen LogP contribution in [0.15, 0.2) is 63.0 Å². The molecule has 1 N–H and O–H groups in total. The average Bonchev–Trinajstić information content (AvgIpc) is 3.12. The van der Waals surface area contributed by atoms with Crippen molar-refractivity contribution < 1.29 is 9.32 Å². The minimum atomic E-state index is -0.261. The third kappa shape index (κ3) is 3.99. The van der Waals surface area contributed by atoms with E-state index in [2.05, 4.69) is 15.5 Å². The number of fused-ring (bicyclic) bond motifs is 1. The molecule has 0 saturated heterocycles. The van der Waals surface area contributed by atoms with E-state index in [-0.39, 0.29) is 17.2 Å². The van der Waals surface area contributed by atoms with Gasteiger partial charge in [-0.25, -0.2) is 4.98 Å². The molecule has 7 nitrogen and oxygen atoms in total. The number of carbonyl (C=O) groups excluding carboxylic acids is 1. The predicted molar refractivity (Wildman–Crippen MR) is 117 cm³/mol. The van der Waals surface area contributed by atoms with Gasteiger partial charge in [-0.3, -0.25) is 14.2 Å². The fourth-order valence-electron chi connectivity index (χ4n) is 3.21. The second kappa shape index (κ2) is 8.16. The number of benzene rings is 2. The summed E-state index contributed by atoms with van der Waals surface area (Å²) in [5.74, 6) is 0.777. The van der Waals surface area contributed by atoms with Gasteiger partial charge in [-0.05, 0) is 44.5 Å². The summed E-state index contributed by atoms with van der Waals surface area (Å²) in [5, 5.41) is 7.43. The Morgan fingerprint density at radius 3 is 2.67 bits per heavy atom. The predicted octanol–water partition coefficient (Wildman–Crippen LogP) is 4.03. The van der Waals surface area contributed by atoms with Crippen molar-refractivity contribution in [2.24, 2.45) is 0 Å². The molecule has 2 heterocycles. The summed E-state index contributed by atoms with van der Waals surface area (Å²) in [4.78, 5) is 30.4.